The molecule has 0 radical (unpaired) electrons. The van der Waals surface area contributed by atoms with Crippen molar-refractivity contribution in [2.45, 2.75) is 100 Å². The lowest BCUT2D eigenvalue weighted by Gasteiger charge is -2.55. The van der Waals surface area contributed by atoms with Gasteiger partial charge in [0.05, 0.1) is 0 Å². The fourth-order valence-electron chi connectivity index (χ4n) is 4.73. The van der Waals surface area contributed by atoms with Crippen LogP contribution in [-0.4, -0.2) is 85.8 Å². The van der Waals surface area contributed by atoms with E-state index in [-0.39, 0.29) is 12.8 Å². The second kappa shape index (κ2) is 10.9. The molecule has 1 aliphatic rings. The van der Waals surface area contributed by atoms with Crippen LogP contribution in [-0.2, 0) is 13.1 Å². The van der Waals surface area contributed by atoms with Gasteiger partial charge in [0.1, 0.15) is 35.6 Å². The average Bonchev–Trinajstić information content (AvgIpc) is 3.49. The van der Waals surface area contributed by atoms with Gasteiger partial charge in [-0.3, -0.25) is 9.36 Å². The highest BCUT2D eigenvalue weighted by Crippen LogP contribution is 2.44. The molecule has 1 aliphatic carbocycles. The van der Waals surface area contributed by atoms with Gasteiger partial charge in [-0.25, -0.2) is 0 Å². The van der Waals surface area contributed by atoms with Gasteiger partial charge in [-0.1, -0.05) is 25.7 Å². The zero-order valence-electron chi connectivity index (χ0n) is 18.3. The molecule has 0 unspecified atom stereocenters. The van der Waals surface area contributed by atoms with Crippen LogP contribution in [0, 0.1) is 0 Å². The zero-order valence-corrected chi connectivity index (χ0v) is 18.3. The molecule has 0 saturated heterocycles. The number of aliphatic hydroxyl groups excluding tert-OH is 4. The Balaban J connectivity index is 1.57. The summed E-state index contributed by atoms with van der Waals surface area (Å²) in [4.78, 5) is 0. The molecule has 2 aromatic heterocycles. The minimum atomic E-state index is -2.14. The van der Waals surface area contributed by atoms with E-state index in [0.29, 0.717) is 38.8 Å². The van der Waals surface area contributed by atoms with Crippen molar-refractivity contribution in [3.63, 3.8) is 0 Å². The molecule has 6 N–H and O–H groups in total. The standard InChI is InChI=1S/C22H36N4O6/c27-17-18(28)20(30)22(32,10-4-2-6-14-26-16-8-12-24-26)21(31,19(17)29)9-3-1-5-13-25-15-7-11-23-25/h7-8,11-12,15-20,27-32H,1-6,9-10,13-14H2/t17-,18-,19-,20+,21+,22-/m1/s1. The predicted molar refractivity (Wildman–Crippen MR) is 115 cm³/mol. The molecule has 0 aliphatic heterocycles. The maximum absolute atomic E-state index is 11.3. The Hall–Kier alpha value is -1.82. The van der Waals surface area contributed by atoms with Crippen LogP contribution >= 0.6 is 0 Å². The molecular weight excluding hydrogens is 416 g/mol. The topological polar surface area (TPSA) is 157 Å². The second-order valence-electron chi connectivity index (χ2n) is 8.88. The van der Waals surface area contributed by atoms with E-state index in [2.05, 4.69) is 10.2 Å². The van der Waals surface area contributed by atoms with Gasteiger partial charge in [0.15, 0.2) is 0 Å². The summed E-state index contributed by atoms with van der Waals surface area (Å²) in [5, 5.41) is 72.5. The molecule has 6 atom stereocenters. The van der Waals surface area contributed by atoms with Crippen LogP contribution in [0.3, 0.4) is 0 Å². The van der Waals surface area contributed by atoms with Gasteiger partial charge < -0.3 is 30.6 Å². The van der Waals surface area contributed by atoms with Gasteiger partial charge in [0.2, 0.25) is 0 Å². The molecule has 32 heavy (non-hydrogen) atoms. The molecule has 10 nitrogen and oxygen atoms in total. The van der Waals surface area contributed by atoms with Crippen molar-refractivity contribution in [1.82, 2.24) is 19.6 Å². The number of aryl methyl sites for hydroxylation is 2. The van der Waals surface area contributed by atoms with E-state index in [1.165, 1.54) is 0 Å². The summed E-state index contributed by atoms with van der Waals surface area (Å²) >= 11 is 0. The smallest absolute Gasteiger partial charge is 0.124 e. The van der Waals surface area contributed by atoms with E-state index in [1.54, 1.807) is 21.8 Å². The van der Waals surface area contributed by atoms with Crippen LogP contribution in [0.4, 0.5) is 0 Å². The van der Waals surface area contributed by atoms with Crippen molar-refractivity contribution in [2.24, 2.45) is 0 Å². The molecule has 1 fully saturated rings. The Labute approximate surface area is 187 Å². The number of aliphatic hydroxyl groups is 6. The highest BCUT2D eigenvalue weighted by atomic mass is 16.4. The van der Waals surface area contributed by atoms with Crippen LogP contribution < -0.4 is 0 Å². The summed E-state index contributed by atoms with van der Waals surface area (Å²) in [7, 11) is 0. The van der Waals surface area contributed by atoms with Gasteiger partial charge in [0.25, 0.3) is 0 Å². The van der Waals surface area contributed by atoms with E-state index in [0.717, 1.165) is 12.8 Å². The summed E-state index contributed by atoms with van der Waals surface area (Å²) in [6.07, 6.45) is 3.92. The normalized spacial score (nSPS) is 32.9. The first-order valence-corrected chi connectivity index (χ1v) is 11.4. The Morgan fingerprint density at radius 3 is 1.38 bits per heavy atom. The van der Waals surface area contributed by atoms with Gasteiger partial charge >= 0.3 is 0 Å². The van der Waals surface area contributed by atoms with E-state index < -0.39 is 35.6 Å². The molecule has 1 saturated carbocycles. The zero-order chi connectivity index (χ0) is 23.2. The minimum Gasteiger partial charge on any atom is -0.387 e. The Morgan fingerprint density at radius 1 is 0.625 bits per heavy atom. The number of aromatic nitrogens is 4. The van der Waals surface area contributed by atoms with Crippen LogP contribution in [0.25, 0.3) is 0 Å². The summed E-state index contributed by atoms with van der Waals surface area (Å²) in [5.41, 5.74) is -4.28. The SMILES string of the molecule is O[C@@H]1[C@@H](O)[C@H](O)[C@](O)(CCCCCn2cccn2)[C@](O)(CCCCCn2cccn2)[C@@H]1O. The molecule has 2 heterocycles. The van der Waals surface area contributed by atoms with Gasteiger partial charge in [-0.2, -0.15) is 10.2 Å². The highest BCUT2D eigenvalue weighted by molar-refractivity contribution is 5.16. The number of nitrogens with zero attached hydrogens (tertiary/aromatic N) is 4. The predicted octanol–water partition coefficient (Wildman–Crippen LogP) is -0.180. The third-order valence-corrected chi connectivity index (χ3v) is 6.73. The number of hydrogen-bond donors (Lipinski definition) is 6. The van der Waals surface area contributed by atoms with E-state index in [1.807, 2.05) is 24.5 Å². The van der Waals surface area contributed by atoms with Gasteiger partial charge in [-0.15, -0.1) is 0 Å². The number of unbranched alkanes of at least 4 members (excludes halogenated alkanes) is 4. The lowest BCUT2D eigenvalue weighted by atomic mass is 9.62. The molecule has 10 heteroatoms. The minimum absolute atomic E-state index is 0.0160. The van der Waals surface area contributed by atoms with E-state index in [9.17, 15) is 30.6 Å². The molecule has 3 rings (SSSR count). The fraction of sp³-hybridized carbons (Fsp3) is 0.727. The maximum Gasteiger partial charge on any atom is 0.124 e. The second-order valence-corrected chi connectivity index (χ2v) is 8.88. The molecule has 0 aromatic carbocycles. The fourth-order valence-corrected chi connectivity index (χ4v) is 4.73. The summed E-state index contributed by atoms with van der Waals surface area (Å²) in [5.74, 6) is 0. The lowest BCUT2D eigenvalue weighted by molar-refractivity contribution is -0.317. The van der Waals surface area contributed by atoms with Gasteiger partial charge in [0, 0.05) is 37.9 Å². The third-order valence-electron chi connectivity index (χ3n) is 6.73. The van der Waals surface area contributed by atoms with Crippen molar-refractivity contribution in [2.75, 3.05) is 0 Å². The quantitative estimate of drug-likeness (QED) is 0.242. The summed E-state index contributed by atoms with van der Waals surface area (Å²) < 4.78 is 3.60. The summed E-state index contributed by atoms with van der Waals surface area (Å²) in [6, 6.07) is 3.68. The Kier molecular flexibility index (Phi) is 8.43. The largest absolute Gasteiger partial charge is 0.387 e. The third kappa shape index (κ3) is 5.22. The van der Waals surface area contributed by atoms with E-state index in [4.69, 9.17) is 0 Å². The van der Waals surface area contributed by atoms with E-state index >= 15 is 0 Å². The molecule has 180 valence electrons. The maximum atomic E-state index is 11.3. The summed E-state index contributed by atoms with van der Waals surface area (Å²) in [6.45, 7) is 1.41. The van der Waals surface area contributed by atoms with Crippen LogP contribution in [0.2, 0.25) is 0 Å². The molecule has 2 aromatic rings. The first kappa shape index (κ1) is 24.8. The Morgan fingerprint density at radius 2 is 1.03 bits per heavy atom. The molecule has 0 bridgehead atoms. The van der Waals surface area contributed by atoms with Crippen molar-refractivity contribution >= 4 is 0 Å². The van der Waals surface area contributed by atoms with Crippen molar-refractivity contribution in [1.29, 1.82) is 0 Å². The van der Waals surface area contributed by atoms with Crippen molar-refractivity contribution in [3.8, 4) is 0 Å². The number of hydrogen-bond acceptors (Lipinski definition) is 8. The Bertz CT molecular complexity index is 722. The highest BCUT2D eigenvalue weighted by Gasteiger charge is 2.65. The lowest BCUT2D eigenvalue weighted by Crippen LogP contribution is -2.77. The average molecular weight is 453 g/mol. The van der Waals surface area contributed by atoms with Crippen molar-refractivity contribution < 1.29 is 30.6 Å². The first-order chi connectivity index (χ1) is 15.3. The molecule has 0 spiro atoms. The monoisotopic (exact) mass is 452 g/mol. The molecule has 0 amide bonds. The number of rotatable bonds is 12. The van der Waals surface area contributed by atoms with Crippen LogP contribution in [0.5, 0.6) is 0 Å². The first-order valence-electron chi connectivity index (χ1n) is 11.4. The van der Waals surface area contributed by atoms with Crippen LogP contribution in [0.1, 0.15) is 51.4 Å². The van der Waals surface area contributed by atoms with Crippen molar-refractivity contribution in [3.05, 3.63) is 36.9 Å². The van der Waals surface area contributed by atoms with Gasteiger partial charge in [-0.05, 0) is 37.8 Å². The van der Waals surface area contributed by atoms with Crippen LogP contribution in [0.15, 0.2) is 36.9 Å². The molecular formula is C22H36N4O6.